The summed E-state index contributed by atoms with van der Waals surface area (Å²) in [6, 6.07) is 6.66. The predicted octanol–water partition coefficient (Wildman–Crippen LogP) is 2.62. The van der Waals surface area contributed by atoms with E-state index in [0.29, 0.717) is 11.9 Å². The highest BCUT2D eigenvalue weighted by molar-refractivity contribution is 5.98. The van der Waals surface area contributed by atoms with E-state index in [9.17, 15) is 32.3 Å². The first kappa shape index (κ1) is 28.9. The number of esters is 1. The fourth-order valence-electron chi connectivity index (χ4n) is 3.39. The molecule has 1 aromatic heterocycles. The third kappa shape index (κ3) is 7.21. The average Bonchev–Trinajstić information content (AvgIpc) is 3.42. The molecule has 2 amide bonds. The zero-order valence-corrected chi connectivity index (χ0v) is 21.1. The summed E-state index contributed by atoms with van der Waals surface area (Å²) in [5.74, 6) is -7.78. The summed E-state index contributed by atoms with van der Waals surface area (Å²) in [6.45, 7) is 1.53. The van der Waals surface area contributed by atoms with Gasteiger partial charge in [-0.1, -0.05) is 30.3 Å². The Hall–Kier alpha value is -4.68. The Labute approximate surface area is 220 Å². The Morgan fingerprint density at radius 2 is 1.74 bits per heavy atom. The lowest BCUT2D eigenvalue weighted by atomic mass is 10.1. The number of carbonyl (C=O) groups is 4. The number of imidazole rings is 1. The van der Waals surface area contributed by atoms with Gasteiger partial charge in [-0.05, 0) is 13.8 Å². The van der Waals surface area contributed by atoms with Gasteiger partial charge >= 0.3 is 5.97 Å². The molecule has 0 spiro atoms. The number of aromatic nitrogens is 2. The summed E-state index contributed by atoms with van der Waals surface area (Å²) >= 11 is 0. The van der Waals surface area contributed by atoms with Crippen LogP contribution in [-0.2, 0) is 19.1 Å². The zero-order valence-electron chi connectivity index (χ0n) is 21.1. The minimum absolute atomic E-state index is 0.0730. The smallest absolute Gasteiger partial charge is 0.308 e. The monoisotopic (exact) mass is 546 g/mol. The van der Waals surface area contributed by atoms with Gasteiger partial charge in [0.1, 0.15) is 36.0 Å². The number of carbonyl (C=O) groups excluding carboxylic acids is 4. The van der Waals surface area contributed by atoms with Crippen LogP contribution < -0.4 is 15.4 Å². The number of rotatable bonds is 11. The summed E-state index contributed by atoms with van der Waals surface area (Å²) in [4.78, 5) is 56.9. The standard InChI is InChI=1S/C26H25F3N4O6/c1-13-16(27)9-17(28)22(29)23(13)39-12-20(34)18(10-21(35)38-3)33-25(36)14(2)31-26(37)19-11-30-24(32-19)15-7-5-4-6-8-15/h4-9,11,14,18H,10,12H2,1-3H3,(H,30,32)(H,31,37)(H,33,36)/t14-,18-/m0/s1. The van der Waals surface area contributed by atoms with Gasteiger partial charge in [-0.3, -0.25) is 19.2 Å². The van der Waals surface area contributed by atoms with E-state index in [-0.39, 0.29) is 11.3 Å². The number of Topliss-reactive ketones (excluding diaryl/α,β-unsaturated/α-hetero) is 1. The number of nitrogens with zero attached hydrogens (tertiary/aromatic N) is 1. The van der Waals surface area contributed by atoms with Crippen molar-refractivity contribution in [3.8, 4) is 17.1 Å². The topological polar surface area (TPSA) is 139 Å². The van der Waals surface area contributed by atoms with Gasteiger partial charge in [-0.25, -0.2) is 13.8 Å². The molecule has 0 aliphatic carbocycles. The molecule has 0 unspecified atom stereocenters. The van der Waals surface area contributed by atoms with Crippen molar-refractivity contribution in [2.75, 3.05) is 13.7 Å². The highest BCUT2D eigenvalue weighted by Gasteiger charge is 2.28. The molecule has 3 rings (SSSR count). The summed E-state index contributed by atoms with van der Waals surface area (Å²) in [5, 5.41) is 4.75. The van der Waals surface area contributed by atoms with E-state index in [2.05, 4.69) is 25.3 Å². The maximum atomic E-state index is 14.1. The molecule has 0 aliphatic rings. The molecule has 2 atom stereocenters. The van der Waals surface area contributed by atoms with Crippen molar-refractivity contribution in [3.63, 3.8) is 0 Å². The second kappa shape index (κ2) is 12.7. The van der Waals surface area contributed by atoms with Crippen molar-refractivity contribution >= 4 is 23.6 Å². The molecule has 1 heterocycles. The molecule has 13 heteroatoms. The summed E-state index contributed by atoms with van der Waals surface area (Å²) in [5.41, 5.74) is 0.439. The number of ether oxygens (including phenoxy) is 2. The van der Waals surface area contributed by atoms with E-state index in [1.165, 1.54) is 13.1 Å². The van der Waals surface area contributed by atoms with Crippen LogP contribution in [-0.4, -0.2) is 59.3 Å². The first-order chi connectivity index (χ1) is 18.5. The van der Waals surface area contributed by atoms with Crippen molar-refractivity contribution in [1.29, 1.82) is 0 Å². The quantitative estimate of drug-likeness (QED) is 0.248. The third-order valence-electron chi connectivity index (χ3n) is 5.63. The van der Waals surface area contributed by atoms with Crippen molar-refractivity contribution in [2.24, 2.45) is 0 Å². The predicted molar refractivity (Wildman–Crippen MR) is 131 cm³/mol. The van der Waals surface area contributed by atoms with Gasteiger partial charge in [0.2, 0.25) is 11.7 Å². The second-order valence-corrected chi connectivity index (χ2v) is 8.41. The molecule has 10 nitrogen and oxygen atoms in total. The molecule has 0 saturated carbocycles. The highest BCUT2D eigenvalue weighted by Crippen LogP contribution is 2.27. The number of nitrogens with one attached hydrogen (secondary N) is 3. The van der Waals surface area contributed by atoms with E-state index in [1.807, 2.05) is 6.07 Å². The Balaban J connectivity index is 1.65. The van der Waals surface area contributed by atoms with Crippen LogP contribution in [0.3, 0.4) is 0 Å². The number of aromatic amines is 1. The van der Waals surface area contributed by atoms with Gasteiger partial charge < -0.3 is 25.1 Å². The number of hydrogen-bond acceptors (Lipinski definition) is 7. The van der Waals surface area contributed by atoms with E-state index in [1.54, 1.807) is 24.3 Å². The van der Waals surface area contributed by atoms with E-state index >= 15 is 0 Å². The Bertz CT molecular complexity index is 1350. The van der Waals surface area contributed by atoms with Gasteiger partial charge in [-0.2, -0.15) is 4.39 Å². The largest absolute Gasteiger partial charge is 0.482 e. The molecule has 0 radical (unpaired) electrons. The maximum Gasteiger partial charge on any atom is 0.308 e. The summed E-state index contributed by atoms with van der Waals surface area (Å²) in [6.07, 6.45) is 0.671. The Morgan fingerprint density at radius 1 is 1.05 bits per heavy atom. The molecule has 3 N–H and O–H groups in total. The number of benzene rings is 2. The molecule has 0 aliphatic heterocycles. The van der Waals surface area contributed by atoms with E-state index in [0.717, 1.165) is 19.6 Å². The number of halogens is 3. The third-order valence-corrected chi connectivity index (χ3v) is 5.63. The van der Waals surface area contributed by atoms with Crippen LogP contribution in [0.15, 0.2) is 42.6 Å². The molecule has 0 fully saturated rings. The second-order valence-electron chi connectivity index (χ2n) is 8.41. The van der Waals surface area contributed by atoms with Crippen LogP contribution in [0, 0.1) is 24.4 Å². The molecule has 2 aromatic carbocycles. The lowest BCUT2D eigenvalue weighted by molar-refractivity contribution is -0.143. The lowest BCUT2D eigenvalue weighted by Gasteiger charge is -2.20. The summed E-state index contributed by atoms with van der Waals surface area (Å²) < 4.78 is 50.9. The Kier molecular flexibility index (Phi) is 9.42. The van der Waals surface area contributed by atoms with Crippen LogP contribution in [0.1, 0.15) is 29.4 Å². The minimum atomic E-state index is -1.52. The molecule has 0 bridgehead atoms. The fourth-order valence-corrected chi connectivity index (χ4v) is 3.39. The number of amides is 2. The van der Waals surface area contributed by atoms with Crippen molar-refractivity contribution < 1.29 is 41.8 Å². The number of ketones is 1. The normalized spacial score (nSPS) is 12.3. The lowest BCUT2D eigenvalue weighted by Crippen LogP contribution is -2.51. The fraction of sp³-hybridized carbons (Fsp3) is 0.269. The molecular formula is C26H25F3N4O6. The van der Waals surface area contributed by atoms with Gasteiger partial charge in [0.05, 0.1) is 19.7 Å². The van der Waals surface area contributed by atoms with Crippen LogP contribution in [0.25, 0.3) is 11.4 Å². The van der Waals surface area contributed by atoms with Crippen molar-refractivity contribution in [2.45, 2.75) is 32.4 Å². The number of methoxy groups -OCH3 is 1. The molecule has 0 saturated heterocycles. The zero-order chi connectivity index (χ0) is 28.7. The highest BCUT2D eigenvalue weighted by atomic mass is 19.2. The average molecular weight is 547 g/mol. The van der Waals surface area contributed by atoms with Crippen LogP contribution in [0.2, 0.25) is 0 Å². The van der Waals surface area contributed by atoms with Crippen molar-refractivity contribution in [1.82, 2.24) is 20.6 Å². The van der Waals surface area contributed by atoms with Gasteiger partial charge in [0.25, 0.3) is 5.91 Å². The number of H-pyrrole nitrogens is 1. The van der Waals surface area contributed by atoms with E-state index < -0.39 is 71.9 Å². The SMILES string of the molecule is COC(=O)C[C@H](NC(=O)[C@H](C)NC(=O)c1cnc(-c2ccccc2)[nH]1)C(=O)COc1c(C)c(F)cc(F)c1F. The summed E-state index contributed by atoms with van der Waals surface area (Å²) in [7, 11) is 1.06. The van der Waals surface area contributed by atoms with Crippen LogP contribution in [0.4, 0.5) is 13.2 Å². The maximum absolute atomic E-state index is 14.1. The van der Waals surface area contributed by atoms with E-state index in [4.69, 9.17) is 4.74 Å². The first-order valence-electron chi connectivity index (χ1n) is 11.6. The van der Waals surface area contributed by atoms with Gasteiger partial charge in [-0.15, -0.1) is 0 Å². The molecular weight excluding hydrogens is 521 g/mol. The number of hydrogen-bond donors (Lipinski definition) is 3. The van der Waals surface area contributed by atoms with Crippen LogP contribution >= 0.6 is 0 Å². The Morgan fingerprint density at radius 3 is 2.41 bits per heavy atom. The van der Waals surface area contributed by atoms with Crippen molar-refractivity contribution in [3.05, 3.63) is 71.3 Å². The first-order valence-corrected chi connectivity index (χ1v) is 11.6. The minimum Gasteiger partial charge on any atom is -0.482 e. The van der Waals surface area contributed by atoms with Gasteiger partial charge in [0, 0.05) is 17.2 Å². The van der Waals surface area contributed by atoms with Crippen LogP contribution in [0.5, 0.6) is 5.75 Å². The molecule has 206 valence electrons. The van der Waals surface area contributed by atoms with Gasteiger partial charge in [0.15, 0.2) is 17.3 Å². The molecule has 3 aromatic rings. The molecule has 39 heavy (non-hydrogen) atoms.